The van der Waals surface area contributed by atoms with E-state index >= 15 is 0 Å². The van der Waals surface area contributed by atoms with Gasteiger partial charge in [-0.05, 0) is 12.1 Å². The van der Waals surface area contributed by atoms with Gasteiger partial charge >= 0.3 is 0 Å². The molecular formula is C9H7N5OS. The lowest BCUT2D eigenvalue weighted by molar-refractivity contribution is 0.577. The number of aromatic nitrogens is 4. The molecule has 0 saturated heterocycles. The van der Waals surface area contributed by atoms with Gasteiger partial charge < -0.3 is 10.2 Å². The third kappa shape index (κ3) is 1.33. The van der Waals surface area contributed by atoms with Gasteiger partial charge in [0.2, 0.25) is 5.82 Å². The van der Waals surface area contributed by atoms with Gasteiger partial charge in [-0.3, -0.25) is 0 Å². The van der Waals surface area contributed by atoms with E-state index in [9.17, 15) is 0 Å². The molecular weight excluding hydrogens is 226 g/mol. The lowest BCUT2D eigenvalue weighted by atomic mass is 10.4. The minimum Gasteiger partial charge on any atom is -0.461 e. The van der Waals surface area contributed by atoms with Gasteiger partial charge in [-0.1, -0.05) is 0 Å². The summed E-state index contributed by atoms with van der Waals surface area (Å²) < 4.78 is 6.73. The van der Waals surface area contributed by atoms with Crippen LogP contribution in [-0.2, 0) is 0 Å². The van der Waals surface area contributed by atoms with E-state index in [1.807, 2.05) is 0 Å². The number of nitrogen functional groups attached to an aromatic ring is 1. The van der Waals surface area contributed by atoms with Crippen LogP contribution in [0.5, 0.6) is 0 Å². The molecule has 3 aromatic heterocycles. The van der Waals surface area contributed by atoms with E-state index in [1.165, 1.54) is 4.52 Å². The Labute approximate surface area is 95.5 Å². The normalized spacial score (nSPS) is 11.1. The van der Waals surface area contributed by atoms with Gasteiger partial charge in [-0.25, -0.2) is 14.5 Å². The molecule has 0 fully saturated rings. The summed E-state index contributed by atoms with van der Waals surface area (Å²) in [6, 6.07) is 3.55. The van der Waals surface area contributed by atoms with Crippen molar-refractivity contribution in [1.82, 2.24) is 19.6 Å². The highest BCUT2D eigenvalue weighted by atomic mass is 32.1. The zero-order valence-electron chi connectivity index (χ0n) is 8.03. The van der Waals surface area contributed by atoms with Crippen LogP contribution in [-0.4, -0.2) is 19.6 Å². The van der Waals surface area contributed by atoms with E-state index in [4.69, 9.17) is 10.2 Å². The summed E-state index contributed by atoms with van der Waals surface area (Å²) in [5.41, 5.74) is 6.20. The summed E-state index contributed by atoms with van der Waals surface area (Å²) in [6.07, 6.45) is 3.20. The zero-order chi connectivity index (χ0) is 11.1. The van der Waals surface area contributed by atoms with Crippen LogP contribution in [0, 0.1) is 0 Å². The number of rotatable bonds is 1. The summed E-state index contributed by atoms with van der Waals surface area (Å²) in [5, 5.41) is 4.71. The summed E-state index contributed by atoms with van der Waals surface area (Å²) in [7, 11) is 0. The molecule has 80 valence electrons. The van der Waals surface area contributed by atoms with Crippen molar-refractivity contribution in [3.05, 3.63) is 24.6 Å². The average Bonchev–Trinajstić information content (AvgIpc) is 2.82. The van der Waals surface area contributed by atoms with E-state index in [1.54, 1.807) is 24.6 Å². The maximum atomic E-state index is 5.71. The molecule has 3 aromatic rings. The van der Waals surface area contributed by atoms with E-state index in [2.05, 4.69) is 27.7 Å². The zero-order valence-corrected chi connectivity index (χ0v) is 8.93. The second-order valence-corrected chi connectivity index (χ2v) is 3.62. The second-order valence-electron chi connectivity index (χ2n) is 3.17. The van der Waals surface area contributed by atoms with Gasteiger partial charge in [-0.2, -0.15) is 0 Å². The minimum atomic E-state index is 0.290. The van der Waals surface area contributed by atoms with Crippen LogP contribution in [0.1, 0.15) is 0 Å². The van der Waals surface area contributed by atoms with Crippen molar-refractivity contribution < 1.29 is 4.42 Å². The molecule has 6 nitrogen and oxygen atoms in total. The lowest BCUT2D eigenvalue weighted by Gasteiger charge is -1.95. The average molecular weight is 233 g/mol. The van der Waals surface area contributed by atoms with E-state index in [-0.39, 0.29) is 5.82 Å². The predicted molar refractivity (Wildman–Crippen MR) is 60.1 cm³/mol. The Balaban J connectivity index is 2.27. The van der Waals surface area contributed by atoms with Crippen LogP contribution in [0.2, 0.25) is 0 Å². The fourth-order valence-electron chi connectivity index (χ4n) is 1.41. The van der Waals surface area contributed by atoms with Crippen molar-refractivity contribution in [3.8, 4) is 11.6 Å². The Morgan fingerprint density at radius 3 is 3.00 bits per heavy atom. The summed E-state index contributed by atoms with van der Waals surface area (Å²) in [4.78, 5) is 8.22. The van der Waals surface area contributed by atoms with Crippen molar-refractivity contribution >= 4 is 24.1 Å². The van der Waals surface area contributed by atoms with Crippen LogP contribution in [0.4, 0.5) is 5.82 Å². The van der Waals surface area contributed by atoms with E-state index in [0.29, 0.717) is 22.3 Å². The Bertz CT molecular complexity index is 645. The fraction of sp³-hybridized carbons (Fsp3) is 0. The first kappa shape index (κ1) is 9.22. The molecule has 0 aliphatic rings. The second kappa shape index (κ2) is 3.24. The Hall–Kier alpha value is -2.02. The van der Waals surface area contributed by atoms with Gasteiger partial charge in [0.1, 0.15) is 5.03 Å². The molecule has 3 rings (SSSR count). The maximum Gasteiger partial charge on any atom is 0.218 e. The largest absolute Gasteiger partial charge is 0.461 e. The topological polar surface area (TPSA) is 82.2 Å². The smallest absolute Gasteiger partial charge is 0.218 e. The molecule has 0 aromatic carbocycles. The summed E-state index contributed by atoms with van der Waals surface area (Å²) in [6.45, 7) is 0. The molecule has 0 atom stereocenters. The lowest BCUT2D eigenvalue weighted by Crippen LogP contribution is -1.97. The van der Waals surface area contributed by atoms with E-state index in [0.717, 1.165) is 0 Å². The quantitative estimate of drug-likeness (QED) is 0.618. The highest BCUT2D eigenvalue weighted by molar-refractivity contribution is 7.80. The van der Waals surface area contributed by atoms with Crippen LogP contribution >= 0.6 is 12.6 Å². The fourth-order valence-corrected chi connectivity index (χ4v) is 1.63. The van der Waals surface area contributed by atoms with Gasteiger partial charge in [-0.15, -0.1) is 17.7 Å². The number of furan rings is 1. The number of nitrogens with zero attached hydrogens (tertiary/aromatic N) is 4. The van der Waals surface area contributed by atoms with Gasteiger partial charge in [0.15, 0.2) is 17.2 Å². The van der Waals surface area contributed by atoms with Crippen molar-refractivity contribution in [2.75, 3.05) is 5.73 Å². The molecule has 0 spiro atoms. The SMILES string of the molecule is Nc1nc(S)cn2nc(-c3ccco3)nc12. The van der Waals surface area contributed by atoms with Crippen LogP contribution in [0.25, 0.3) is 17.2 Å². The van der Waals surface area contributed by atoms with Crippen molar-refractivity contribution in [2.24, 2.45) is 0 Å². The number of fused-ring (bicyclic) bond motifs is 1. The van der Waals surface area contributed by atoms with Crippen LogP contribution in [0.3, 0.4) is 0 Å². The van der Waals surface area contributed by atoms with Crippen molar-refractivity contribution in [1.29, 1.82) is 0 Å². The van der Waals surface area contributed by atoms with E-state index < -0.39 is 0 Å². The van der Waals surface area contributed by atoms with Crippen molar-refractivity contribution in [2.45, 2.75) is 5.03 Å². The monoisotopic (exact) mass is 233 g/mol. The molecule has 0 aliphatic carbocycles. The number of hydrogen-bond donors (Lipinski definition) is 2. The molecule has 16 heavy (non-hydrogen) atoms. The molecule has 2 N–H and O–H groups in total. The molecule has 3 heterocycles. The minimum absolute atomic E-state index is 0.290. The maximum absolute atomic E-state index is 5.71. The summed E-state index contributed by atoms with van der Waals surface area (Å²) >= 11 is 4.11. The molecule has 0 saturated carbocycles. The Morgan fingerprint density at radius 1 is 1.38 bits per heavy atom. The first-order valence-corrected chi connectivity index (χ1v) is 4.94. The molecule has 7 heteroatoms. The summed E-state index contributed by atoms with van der Waals surface area (Å²) in [5.74, 6) is 1.35. The number of thiol groups is 1. The Kier molecular flexibility index (Phi) is 1.87. The van der Waals surface area contributed by atoms with Crippen LogP contribution in [0.15, 0.2) is 34.0 Å². The number of hydrogen-bond acceptors (Lipinski definition) is 6. The highest BCUT2D eigenvalue weighted by Gasteiger charge is 2.11. The molecule has 0 bridgehead atoms. The number of nitrogens with two attached hydrogens (primary N) is 1. The molecule has 0 radical (unpaired) electrons. The first-order chi connectivity index (χ1) is 7.74. The third-order valence-electron chi connectivity index (χ3n) is 2.07. The number of anilines is 1. The van der Waals surface area contributed by atoms with Gasteiger partial charge in [0.05, 0.1) is 12.5 Å². The molecule has 0 unspecified atom stereocenters. The van der Waals surface area contributed by atoms with Gasteiger partial charge in [0.25, 0.3) is 0 Å². The van der Waals surface area contributed by atoms with Crippen molar-refractivity contribution in [3.63, 3.8) is 0 Å². The third-order valence-corrected chi connectivity index (χ3v) is 2.29. The van der Waals surface area contributed by atoms with Gasteiger partial charge in [0, 0.05) is 0 Å². The Morgan fingerprint density at radius 2 is 2.25 bits per heavy atom. The predicted octanol–water partition coefficient (Wildman–Crippen LogP) is 1.26. The molecule has 0 aliphatic heterocycles. The highest BCUT2D eigenvalue weighted by Crippen LogP contribution is 2.19. The molecule has 0 amide bonds. The first-order valence-electron chi connectivity index (χ1n) is 4.50. The standard InChI is InChI=1S/C9H7N5OS/c10-7-9-12-8(5-2-1-3-15-5)13-14(9)4-6(16)11-7/h1-4,16H,(H2,10,11). The van der Waals surface area contributed by atoms with Crippen LogP contribution < -0.4 is 5.73 Å².